The number of hydrogen-bond acceptors (Lipinski definition) is 5. The maximum Gasteiger partial charge on any atom is 0.259 e. The molecule has 2 rings (SSSR count). The molecule has 7 heteroatoms. The molecule has 0 aliphatic rings. The molecule has 0 fully saturated rings. The highest BCUT2D eigenvalue weighted by molar-refractivity contribution is 7.99. The van der Waals surface area contributed by atoms with E-state index in [1.54, 1.807) is 11.3 Å². The molecular weight excluding hydrogens is 390 g/mol. The van der Waals surface area contributed by atoms with E-state index in [1.165, 1.54) is 37.4 Å². The Hall–Kier alpha value is -1.34. The summed E-state index contributed by atoms with van der Waals surface area (Å²) in [6, 6.07) is 0. The smallest absolute Gasteiger partial charge is 0.259 e. The molecule has 0 radical (unpaired) electrons. The van der Waals surface area contributed by atoms with Gasteiger partial charge in [-0.25, -0.2) is 4.98 Å². The van der Waals surface area contributed by atoms with Crippen LogP contribution in [-0.2, 0) is 10.5 Å². The van der Waals surface area contributed by atoms with Crippen LogP contribution in [0.4, 0.5) is 0 Å². The quantitative estimate of drug-likeness (QED) is 0.502. The fraction of sp³-hybridized carbons (Fsp3) is 0.667. The Morgan fingerprint density at radius 1 is 1.18 bits per heavy atom. The molecule has 1 amide bonds. The first kappa shape index (κ1) is 22.9. The van der Waals surface area contributed by atoms with E-state index in [1.807, 2.05) is 20.8 Å². The molecule has 0 spiro atoms. The Bertz CT molecular complexity index is 842. The zero-order valence-electron chi connectivity index (χ0n) is 17.7. The number of thioether (sulfide) groups is 1. The van der Waals surface area contributed by atoms with Crippen LogP contribution in [0, 0.1) is 19.8 Å². The lowest BCUT2D eigenvalue weighted by Crippen LogP contribution is -2.31. The van der Waals surface area contributed by atoms with E-state index in [2.05, 4.69) is 29.1 Å². The van der Waals surface area contributed by atoms with Gasteiger partial charge >= 0.3 is 0 Å². The summed E-state index contributed by atoms with van der Waals surface area (Å²) in [7, 11) is 0. The zero-order valence-corrected chi connectivity index (χ0v) is 19.3. The average Bonchev–Trinajstić information content (AvgIpc) is 2.92. The first-order chi connectivity index (χ1) is 13.3. The summed E-state index contributed by atoms with van der Waals surface area (Å²) in [6.07, 6.45) is 5.99. The molecule has 2 heterocycles. The Labute approximate surface area is 176 Å². The van der Waals surface area contributed by atoms with Crippen molar-refractivity contribution in [3.63, 3.8) is 0 Å². The number of rotatable bonds is 11. The molecule has 156 valence electrons. The lowest BCUT2D eigenvalue weighted by atomic mass is 10.0. The fourth-order valence-electron chi connectivity index (χ4n) is 3.03. The molecule has 0 saturated heterocycles. The molecule has 1 atom stereocenters. The van der Waals surface area contributed by atoms with Crippen LogP contribution < -0.4 is 10.9 Å². The third-order valence-corrected chi connectivity index (χ3v) is 7.19. The number of hydrogen-bond donors (Lipinski definition) is 2. The minimum atomic E-state index is -0.172. The highest BCUT2D eigenvalue weighted by atomic mass is 32.2. The molecule has 28 heavy (non-hydrogen) atoms. The second-order valence-corrected chi connectivity index (χ2v) is 10.3. The van der Waals surface area contributed by atoms with Crippen LogP contribution in [0.25, 0.3) is 10.2 Å². The number of amides is 1. The number of nitrogens with zero attached hydrogens (tertiary/aromatic N) is 1. The van der Waals surface area contributed by atoms with E-state index in [9.17, 15) is 9.59 Å². The molecule has 2 aromatic rings. The number of aromatic nitrogens is 2. The molecule has 1 unspecified atom stereocenters. The summed E-state index contributed by atoms with van der Waals surface area (Å²) < 4.78 is 0. The van der Waals surface area contributed by atoms with E-state index < -0.39 is 0 Å². The van der Waals surface area contributed by atoms with Crippen molar-refractivity contribution >= 4 is 39.2 Å². The standard InChI is InChI=1S/C21H33N3O2S2/c1-13(2)10-8-6-7-9-11-22-19(25)16(5)27-12-17-23-20(26)18-14(3)15(4)28-21(18)24-17/h13,16H,6-12H2,1-5H3,(H,22,25)(H,23,24,26). The van der Waals surface area contributed by atoms with Gasteiger partial charge in [0.05, 0.1) is 16.4 Å². The van der Waals surface area contributed by atoms with Crippen molar-refractivity contribution in [2.75, 3.05) is 6.54 Å². The van der Waals surface area contributed by atoms with Gasteiger partial charge in [0, 0.05) is 11.4 Å². The van der Waals surface area contributed by atoms with E-state index in [-0.39, 0.29) is 16.7 Å². The first-order valence-electron chi connectivity index (χ1n) is 10.2. The Balaban J connectivity index is 1.74. The maximum atomic E-state index is 12.3. The fourth-order valence-corrected chi connectivity index (χ4v) is 4.86. The van der Waals surface area contributed by atoms with Crippen LogP contribution in [0.3, 0.4) is 0 Å². The monoisotopic (exact) mass is 423 g/mol. The predicted molar refractivity (Wildman–Crippen MR) is 121 cm³/mol. The Morgan fingerprint density at radius 3 is 2.61 bits per heavy atom. The normalized spacial score (nSPS) is 12.6. The number of unbranched alkanes of at least 4 members (excludes halogenated alkanes) is 3. The van der Waals surface area contributed by atoms with E-state index in [0.717, 1.165) is 34.2 Å². The van der Waals surface area contributed by atoms with Crippen LogP contribution in [-0.4, -0.2) is 27.7 Å². The van der Waals surface area contributed by atoms with Crippen LogP contribution >= 0.6 is 23.1 Å². The number of aryl methyl sites for hydroxylation is 2. The van der Waals surface area contributed by atoms with Crippen molar-refractivity contribution in [3.05, 3.63) is 26.6 Å². The van der Waals surface area contributed by atoms with Gasteiger partial charge in [0.1, 0.15) is 10.7 Å². The first-order valence-corrected chi connectivity index (χ1v) is 12.0. The number of carbonyl (C=O) groups is 1. The van der Waals surface area contributed by atoms with Gasteiger partial charge in [0.25, 0.3) is 5.56 Å². The van der Waals surface area contributed by atoms with Gasteiger partial charge in [-0.15, -0.1) is 23.1 Å². The van der Waals surface area contributed by atoms with E-state index in [4.69, 9.17) is 0 Å². The lowest BCUT2D eigenvalue weighted by Gasteiger charge is -2.12. The van der Waals surface area contributed by atoms with Gasteiger partial charge < -0.3 is 10.3 Å². The highest BCUT2D eigenvalue weighted by Crippen LogP contribution is 2.26. The second-order valence-electron chi connectivity index (χ2n) is 7.82. The van der Waals surface area contributed by atoms with Gasteiger partial charge in [0.2, 0.25) is 5.91 Å². The van der Waals surface area contributed by atoms with Crippen LogP contribution in [0.2, 0.25) is 0 Å². The third-order valence-electron chi connectivity index (χ3n) is 4.93. The summed E-state index contributed by atoms with van der Waals surface area (Å²) in [4.78, 5) is 33.9. The summed E-state index contributed by atoms with van der Waals surface area (Å²) in [6.45, 7) is 11.1. The van der Waals surface area contributed by atoms with Gasteiger partial charge in [-0.05, 0) is 38.7 Å². The van der Waals surface area contributed by atoms with Crippen molar-refractivity contribution < 1.29 is 4.79 Å². The topological polar surface area (TPSA) is 74.8 Å². The largest absolute Gasteiger partial charge is 0.355 e. The molecule has 5 nitrogen and oxygen atoms in total. The number of fused-ring (bicyclic) bond motifs is 1. The van der Waals surface area contributed by atoms with Crippen molar-refractivity contribution in [1.82, 2.24) is 15.3 Å². The van der Waals surface area contributed by atoms with Crippen molar-refractivity contribution in [2.45, 2.75) is 77.7 Å². The number of aromatic amines is 1. The molecule has 0 bridgehead atoms. The average molecular weight is 424 g/mol. The van der Waals surface area contributed by atoms with Crippen LogP contribution in [0.15, 0.2) is 4.79 Å². The minimum Gasteiger partial charge on any atom is -0.355 e. The number of thiophene rings is 1. The van der Waals surface area contributed by atoms with E-state index in [0.29, 0.717) is 17.0 Å². The van der Waals surface area contributed by atoms with Gasteiger partial charge in [-0.2, -0.15) is 0 Å². The Morgan fingerprint density at radius 2 is 1.89 bits per heavy atom. The molecule has 0 aromatic carbocycles. The zero-order chi connectivity index (χ0) is 20.7. The summed E-state index contributed by atoms with van der Waals surface area (Å²) in [5.74, 6) is 1.98. The van der Waals surface area contributed by atoms with Crippen molar-refractivity contribution in [1.29, 1.82) is 0 Å². The minimum absolute atomic E-state index is 0.0541. The summed E-state index contributed by atoms with van der Waals surface area (Å²) >= 11 is 3.05. The molecular formula is C21H33N3O2S2. The molecule has 2 N–H and O–H groups in total. The number of H-pyrrole nitrogens is 1. The van der Waals surface area contributed by atoms with Crippen molar-refractivity contribution in [3.8, 4) is 0 Å². The number of carbonyl (C=O) groups excluding carboxylic acids is 1. The van der Waals surface area contributed by atoms with Crippen LogP contribution in [0.5, 0.6) is 0 Å². The van der Waals surface area contributed by atoms with Crippen molar-refractivity contribution in [2.24, 2.45) is 5.92 Å². The predicted octanol–water partition coefficient (Wildman–Crippen LogP) is 4.95. The summed E-state index contributed by atoms with van der Waals surface area (Å²) in [5, 5.41) is 3.54. The van der Waals surface area contributed by atoms with Gasteiger partial charge in [0.15, 0.2) is 0 Å². The van der Waals surface area contributed by atoms with Gasteiger partial charge in [-0.1, -0.05) is 39.5 Å². The number of nitrogens with one attached hydrogen (secondary N) is 2. The van der Waals surface area contributed by atoms with Crippen LogP contribution in [0.1, 0.15) is 69.1 Å². The molecule has 0 aliphatic heterocycles. The van der Waals surface area contributed by atoms with E-state index >= 15 is 0 Å². The Kier molecular flexibility index (Phi) is 9.02. The lowest BCUT2D eigenvalue weighted by molar-refractivity contribution is -0.120. The summed E-state index contributed by atoms with van der Waals surface area (Å²) in [5.41, 5.74) is 0.918. The highest BCUT2D eigenvalue weighted by Gasteiger charge is 2.15. The third kappa shape index (κ3) is 6.62. The molecule has 0 saturated carbocycles. The second kappa shape index (κ2) is 11.0. The maximum absolute atomic E-state index is 12.3. The van der Waals surface area contributed by atoms with Gasteiger partial charge in [-0.3, -0.25) is 9.59 Å². The SMILES string of the molecule is Cc1sc2nc(CSC(C)C(=O)NCCCCCCC(C)C)[nH]c(=O)c2c1C. The molecule has 0 aliphatic carbocycles. The molecule has 2 aromatic heterocycles.